The molecule has 0 saturated carbocycles. The highest BCUT2D eigenvalue weighted by molar-refractivity contribution is 5.33. The zero-order valence-electron chi connectivity index (χ0n) is 20.4. The molecule has 0 aromatic carbocycles. The summed E-state index contributed by atoms with van der Waals surface area (Å²) in [7, 11) is 0. The van der Waals surface area contributed by atoms with Crippen LogP contribution in [0.2, 0.25) is 0 Å². The van der Waals surface area contributed by atoms with Crippen LogP contribution in [0.5, 0.6) is 0 Å². The van der Waals surface area contributed by atoms with Crippen molar-refractivity contribution in [3.05, 3.63) is 95.6 Å². The van der Waals surface area contributed by atoms with Crippen LogP contribution in [-0.4, -0.2) is 9.97 Å². The highest BCUT2D eigenvalue weighted by atomic mass is 14.8. The standard InChI is InChI=1S/C29H42N2/c1-7-23(3)15-11-9-13-17-25-19-21-27(30-25)29(5,6)28-22-20-26(31-28)18-14-10-12-16-24(4)8-2/h9-16,19-24,30-31H,7-8,17-18H2,1-6H3/b13-9+,14-10+,15-11+,16-12+. The van der Waals surface area contributed by atoms with E-state index < -0.39 is 0 Å². The summed E-state index contributed by atoms with van der Waals surface area (Å²) < 4.78 is 0. The van der Waals surface area contributed by atoms with Crippen molar-refractivity contribution in [2.45, 2.75) is 72.6 Å². The summed E-state index contributed by atoms with van der Waals surface area (Å²) in [6.07, 6.45) is 21.8. The molecule has 0 radical (unpaired) electrons. The Labute approximate surface area is 190 Å². The molecule has 168 valence electrons. The third kappa shape index (κ3) is 7.94. The van der Waals surface area contributed by atoms with Crippen molar-refractivity contribution in [3.63, 3.8) is 0 Å². The van der Waals surface area contributed by atoms with Gasteiger partial charge in [0.25, 0.3) is 0 Å². The van der Waals surface area contributed by atoms with E-state index in [-0.39, 0.29) is 5.41 Å². The maximum absolute atomic E-state index is 3.63. The van der Waals surface area contributed by atoms with Gasteiger partial charge in [-0.15, -0.1) is 0 Å². The first-order valence-corrected chi connectivity index (χ1v) is 11.9. The van der Waals surface area contributed by atoms with E-state index in [4.69, 9.17) is 0 Å². The van der Waals surface area contributed by atoms with E-state index in [2.05, 4.69) is 124 Å². The predicted octanol–water partition coefficient (Wildman–Crippen LogP) is 8.07. The van der Waals surface area contributed by atoms with E-state index in [9.17, 15) is 0 Å². The van der Waals surface area contributed by atoms with Gasteiger partial charge in [-0.2, -0.15) is 0 Å². The average Bonchev–Trinajstić information content (AvgIpc) is 3.43. The third-order valence-corrected chi connectivity index (χ3v) is 6.18. The summed E-state index contributed by atoms with van der Waals surface area (Å²) in [5, 5.41) is 0. The Morgan fingerprint density at radius 1 is 0.710 bits per heavy atom. The summed E-state index contributed by atoms with van der Waals surface area (Å²) in [5.41, 5.74) is 4.90. The lowest BCUT2D eigenvalue weighted by atomic mass is 9.86. The van der Waals surface area contributed by atoms with E-state index in [0.717, 1.165) is 12.8 Å². The van der Waals surface area contributed by atoms with Gasteiger partial charge in [0.05, 0.1) is 0 Å². The number of H-pyrrole nitrogens is 2. The molecule has 0 fully saturated rings. The topological polar surface area (TPSA) is 31.6 Å². The lowest BCUT2D eigenvalue weighted by Crippen LogP contribution is -2.20. The minimum atomic E-state index is -0.0865. The predicted molar refractivity (Wildman–Crippen MR) is 137 cm³/mol. The maximum Gasteiger partial charge on any atom is 0.0447 e. The Morgan fingerprint density at radius 3 is 1.52 bits per heavy atom. The monoisotopic (exact) mass is 418 g/mol. The van der Waals surface area contributed by atoms with Gasteiger partial charge in [0.2, 0.25) is 0 Å². The van der Waals surface area contributed by atoms with Crippen molar-refractivity contribution in [2.75, 3.05) is 0 Å². The van der Waals surface area contributed by atoms with Crippen molar-refractivity contribution in [3.8, 4) is 0 Å². The van der Waals surface area contributed by atoms with Crippen LogP contribution in [0.3, 0.4) is 0 Å². The SMILES string of the molecule is CCC(C)/C=C/C=C/Cc1ccc(C(C)(C)c2ccc(C/C=C/C=C/C(C)CC)[nH]2)[nH]1. The van der Waals surface area contributed by atoms with Crippen LogP contribution in [0.15, 0.2) is 72.9 Å². The molecule has 2 N–H and O–H groups in total. The Hall–Kier alpha value is -2.48. The van der Waals surface area contributed by atoms with Gasteiger partial charge in [-0.05, 0) is 49.9 Å². The molecule has 0 aliphatic carbocycles. The molecule has 0 spiro atoms. The molecule has 2 atom stereocenters. The second-order valence-electron chi connectivity index (χ2n) is 9.22. The number of rotatable bonds is 12. The van der Waals surface area contributed by atoms with Crippen LogP contribution in [0.1, 0.15) is 77.2 Å². The van der Waals surface area contributed by atoms with Crippen molar-refractivity contribution in [1.29, 1.82) is 0 Å². The molecule has 2 aromatic rings. The molecule has 2 rings (SSSR count). The first kappa shape index (κ1) is 24.8. The number of hydrogen-bond acceptors (Lipinski definition) is 0. The van der Waals surface area contributed by atoms with Crippen LogP contribution in [0.4, 0.5) is 0 Å². The Morgan fingerprint density at radius 2 is 1.13 bits per heavy atom. The second kappa shape index (κ2) is 12.4. The quantitative estimate of drug-likeness (QED) is 0.327. The number of nitrogens with one attached hydrogen (secondary N) is 2. The molecule has 2 heteroatoms. The van der Waals surface area contributed by atoms with Crippen molar-refractivity contribution in [2.24, 2.45) is 11.8 Å². The van der Waals surface area contributed by atoms with Gasteiger partial charge in [0, 0.05) is 41.0 Å². The fourth-order valence-electron chi connectivity index (χ4n) is 3.32. The summed E-state index contributed by atoms with van der Waals surface area (Å²) >= 11 is 0. The van der Waals surface area contributed by atoms with E-state index in [1.807, 2.05) is 0 Å². The molecule has 0 amide bonds. The molecule has 31 heavy (non-hydrogen) atoms. The molecule has 2 unspecified atom stereocenters. The van der Waals surface area contributed by atoms with E-state index in [1.54, 1.807) is 0 Å². The van der Waals surface area contributed by atoms with Gasteiger partial charge in [0.15, 0.2) is 0 Å². The summed E-state index contributed by atoms with van der Waals surface area (Å²) in [4.78, 5) is 7.26. The maximum atomic E-state index is 3.63. The van der Waals surface area contributed by atoms with Crippen LogP contribution >= 0.6 is 0 Å². The largest absolute Gasteiger partial charge is 0.361 e. The Balaban J connectivity index is 1.95. The Bertz CT molecular complexity index is 813. The fourth-order valence-corrected chi connectivity index (χ4v) is 3.32. The highest BCUT2D eigenvalue weighted by Crippen LogP contribution is 2.30. The van der Waals surface area contributed by atoms with E-state index in [1.165, 1.54) is 35.6 Å². The summed E-state index contributed by atoms with van der Waals surface area (Å²) in [6, 6.07) is 8.85. The van der Waals surface area contributed by atoms with Crippen LogP contribution < -0.4 is 0 Å². The van der Waals surface area contributed by atoms with E-state index in [0.29, 0.717) is 11.8 Å². The molecule has 2 aromatic heterocycles. The normalized spacial score (nSPS) is 15.2. The minimum Gasteiger partial charge on any atom is -0.361 e. The number of allylic oxidation sites excluding steroid dienone is 8. The lowest BCUT2D eigenvalue weighted by molar-refractivity contribution is 0.600. The first-order valence-electron chi connectivity index (χ1n) is 11.9. The smallest absolute Gasteiger partial charge is 0.0447 e. The number of aromatic nitrogens is 2. The zero-order valence-corrected chi connectivity index (χ0v) is 20.4. The zero-order chi connectivity index (χ0) is 22.7. The molecule has 0 aliphatic rings. The molecule has 0 aliphatic heterocycles. The summed E-state index contributed by atoms with van der Waals surface area (Å²) in [6.45, 7) is 13.5. The van der Waals surface area contributed by atoms with Crippen LogP contribution in [-0.2, 0) is 18.3 Å². The third-order valence-electron chi connectivity index (χ3n) is 6.18. The Kier molecular flexibility index (Phi) is 9.91. The van der Waals surface area contributed by atoms with Crippen molar-refractivity contribution >= 4 is 0 Å². The van der Waals surface area contributed by atoms with Crippen LogP contribution in [0, 0.1) is 11.8 Å². The van der Waals surface area contributed by atoms with Crippen molar-refractivity contribution in [1.82, 2.24) is 9.97 Å². The van der Waals surface area contributed by atoms with Gasteiger partial charge in [-0.3, -0.25) is 0 Å². The molecule has 0 bridgehead atoms. The second-order valence-corrected chi connectivity index (χ2v) is 9.22. The van der Waals surface area contributed by atoms with Crippen LogP contribution in [0.25, 0.3) is 0 Å². The molecular formula is C29H42N2. The molecule has 2 nitrogen and oxygen atoms in total. The first-order chi connectivity index (χ1) is 14.9. The minimum absolute atomic E-state index is 0.0865. The van der Waals surface area contributed by atoms with Gasteiger partial charge in [0.1, 0.15) is 0 Å². The van der Waals surface area contributed by atoms with Crippen molar-refractivity contribution < 1.29 is 0 Å². The van der Waals surface area contributed by atoms with Gasteiger partial charge >= 0.3 is 0 Å². The number of hydrogen-bond donors (Lipinski definition) is 2. The molecular weight excluding hydrogens is 376 g/mol. The van der Waals surface area contributed by atoms with Gasteiger partial charge in [-0.25, -0.2) is 0 Å². The summed E-state index contributed by atoms with van der Waals surface area (Å²) in [5.74, 6) is 1.29. The lowest BCUT2D eigenvalue weighted by Gasteiger charge is -2.22. The molecule has 2 heterocycles. The van der Waals surface area contributed by atoms with Gasteiger partial charge < -0.3 is 9.97 Å². The number of aromatic amines is 2. The van der Waals surface area contributed by atoms with E-state index >= 15 is 0 Å². The average molecular weight is 419 g/mol. The molecule has 0 saturated heterocycles. The fraction of sp³-hybridized carbons (Fsp3) is 0.448. The highest BCUT2D eigenvalue weighted by Gasteiger charge is 2.26. The van der Waals surface area contributed by atoms with Gasteiger partial charge in [-0.1, -0.05) is 89.1 Å².